The van der Waals surface area contributed by atoms with Crippen LogP contribution in [0.1, 0.15) is 144 Å². The van der Waals surface area contributed by atoms with Gasteiger partial charge >= 0.3 is 0 Å². The number of nitrogens with zero attached hydrogens (tertiary/aromatic N) is 31. The molecule has 0 aliphatic carbocycles. The SMILES string of the molecule is CC.CC.CC.CC.CC.CC.CC.CC.CC.CC.Cc1c2ccccc2nc2ccccc12.c1cc2nccn2cn1.c1ccc2c(c1)ccc1nccn12.c1ccc2nc3ccccc3cc2c1.c1ccn2ccnc2c1.c1cn2ccnc2cn1.c1cn2ccnc2nn1.c1cn2cncnc2n1.c1cn2ncncc2n1.c1cnn2ccnc2c1.c1cnn2ccnc2n1. The molecule has 0 atom stereocenters. The lowest BCUT2D eigenvalue weighted by Crippen LogP contribution is -1.89. The first-order valence-electron chi connectivity index (χ1n) is 45.2. The summed E-state index contributed by atoms with van der Waals surface area (Å²) >= 11 is 0. The van der Waals surface area contributed by atoms with Crippen LogP contribution < -0.4 is 0 Å². The molecule has 20 aromatic heterocycles. The average molecular weight is 1800 g/mol. The van der Waals surface area contributed by atoms with E-state index in [0.29, 0.717) is 17.3 Å². The van der Waals surface area contributed by atoms with Crippen LogP contribution in [0, 0.1) is 6.92 Å². The molecule has 0 unspecified atom stereocenters. The molecule has 692 valence electrons. The summed E-state index contributed by atoms with van der Waals surface area (Å²) in [5.74, 6) is 1.96. The first kappa shape index (κ1) is 108. The minimum absolute atomic E-state index is 0.637. The maximum atomic E-state index is 4.64. The van der Waals surface area contributed by atoms with E-state index in [2.05, 4.69) is 194 Å². The summed E-state index contributed by atoms with van der Waals surface area (Å²) < 4.78 is 16.4. The van der Waals surface area contributed by atoms with Crippen LogP contribution >= 0.6 is 0 Å². The Morgan fingerprint density at radius 3 is 1.31 bits per heavy atom. The molecule has 5 aromatic carbocycles. The van der Waals surface area contributed by atoms with Crippen molar-refractivity contribution in [3.05, 3.63) is 387 Å². The van der Waals surface area contributed by atoms with Crippen molar-refractivity contribution in [2.45, 2.75) is 145 Å². The second-order valence-corrected chi connectivity index (χ2v) is 23.9. The van der Waals surface area contributed by atoms with Gasteiger partial charge in [-0.2, -0.15) is 20.4 Å². The molecule has 25 rings (SSSR count). The van der Waals surface area contributed by atoms with Crippen LogP contribution in [0.3, 0.4) is 0 Å². The number of hydrogen-bond donors (Lipinski definition) is 0. The topological polar surface area (TPSA) is 323 Å². The summed E-state index contributed by atoms with van der Waals surface area (Å²) in [4.78, 5) is 68.5. The standard InChI is InChI=1S/C14H11N.C13H9N.C11H8N2.C7H6N2.3C6H5N3.4C5H4N4.10C2H6/c1-10-11-6-2-4-8-13(11)15-14-9-5-3-7-12(10)14;1-3-7-12-10(5-1)9-11-6-2-4-8-13(11)14-12;1-2-4-10-9(3-1)5-6-11-12-7-8-13(10)11;1-2-5-9-6-4-8-7(9)3-1;1-3-9-4-2-8-6(9)5-7-1;1-2-7-5-9-4-3-8-6(1)9;1-2-6-7-4-5-9(6)8-3-1;1-3-9-4-2-7-8-5(9)6-1;1-2-9-4-6-3-8-5(9)7-1;1-2-9-5(7-1)3-6-4-8-9;1-2-8-9-4-3-7-5(9)6-1;10*1-2/h2-9H,1H3;1-9H;1-8H;1-6H;3*1-5H;4*1-4H;10*1-2H3. The van der Waals surface area contributed by atoms with E-state index in [1.54, 1.807) is 159 Å². The molecule has 0 bridgehead atoms. The van der Waals surface area contributed by atoms with Gasteiger partial charge in [-0.15, -0.1) is 5.10 Å². The third kappa shape index (κ3) is 33.0. The summed E-state index contributed by atoms with van der Waals surface area (Å²) in [7, 11) is 0. The predicted octanol–water partition coefficient (Wildman–Crippen LogP) is 23.9. The molecule has 0 saturated heterocycles. The quantitative estimate of drug-likeness (QED) is 0.127. The predicted molar refractivity (Wildman–Crippen MR) is 547 cm³/mol. The molecule has 0 aliphatic heterocycles. The summed E-state index contributed by atoms with van der Waals surface area (Å²) in [6.07, 6.45) is 57.6. The van der Waals surface area contributed by atoms with E-state index in [9.17, 15) is 0 Å². The van der Waals surface area contributed by atoms with E-state index in [-0.39, 0.29) is 0 Å². The zero-order valence-corrected chi connectivity index (χ0v) is 80.7. The van der Waals surface area contributed by atoms with Crippen molar-refractivity contribution in [1.82, 2.24) is 150 Å². The third-order valence-corrected chi connectivity index (χ3v) is 16.7. The monoisotopic (exact) mass is 1800 g/mol. The highest BCUT2D eigenvalue weighted by Crippen LogP contribution is 2.25. The maximum absolute atomic E-state index is 4.64. The van der Waals surface area contributed by atoms with E-state index in [1.807, 2.05) is 311 Å². The van der Waals surface area contributed by atoms with Crippen molar-refractivity contribution in [3.63, 3.8) is 0 Å². The zero-order valence-electron chi connectivity index (χ0n) is 80.7. The van der Waals surface area contributed by atoms with Crippen LogP contribution in [0.5, 0.6) is 0 Å². The van der Waals surface area contributed by atoms with Crippen molar-refractivity contribution in [2.75, 3.05) is 0 Å². The second-order valence-electron chi connectivity index (χ2n) is 23.9. The van der Waals surface area contributed by atoms with E-state index < -0.39 is 0 Å². The lowest BCUT2D eigenvalue weighted by molar-refractivity contribution is 0.897. The Kier molecular flexibility index (Phi) is 52.1. The Balaban J connectivity index is 0.000000257. The van der Waals surface area contributed by atoms with Crippen molar-refractivity contribution < 1.29 is 0 Å². The van der Waals surface area contributed by atoms with Gasteiger partial charge in [0.15, 0.2) is 16.9 Å². The summed E-state index contributed by atoms with van der Waals surface area (Å²) in [5, 5.41) is 25.3. The van der Waals surface area contributed by atoms with Gasteiger partial charge in [-0.25, -0.2) is 93.3 Å². The Morgan fingerprint density at radius 2 is 0.687 bits per heavy atom. The van der Waals surface area contributed by atoms with Crippen LogP contribution in [0.4, 0.5) is 0 Å². The molecular formula is C103H125N31. The molecule has 0 N–H and O–H groups in total. The molecule has 0 saturated carbocycles. The first-order valence-corrected chi connectivity index (χ1v) is 45.2. The van der Waals surface area contributed by atoms with Gasteiger partial charge in [0, 0.05) is 164 Å². The van der Waals surface area contributed by atoms with Crippen molar-refractivity contribution in [1.29, 1.82) is 0 Å². The number of aromatic nitrogens is 31. The number of aryl methyl sites for hydroxylation is 1. The number of rotatable bonds is 0. The van der Waals surface area contributed by atoms with E-state index in [1.165, 1.54) is 50.7 Å². The van der Waals surface area contributed by atoms with Gasteiger partial charge in [-0.3, -0.25) is 22.6 Å². The van der Waals surface area contributed by atoms with Crippen LogP contribution in [0.15, 0.2) is 381 Å². The van der Waals surface area contributed by atoms with Crippen molar-refractivity contribution in [3.8, 4) is 0 Å². The van der Waals surface area contributed by atoms with E-state index in [0.717, 1.165) is 55.9 Å². The summed E-state index contributed by atoms with van der Waals surface area (Å²) in [6.45, 7) is 42.2. The highest BCUT2D eigenvalue weighted by atomic mass is 15.3. The molecule has 31 nitrogen and oxygen atoms in total. The van der Waals surface area contributed by atoms with Gasteiger partial charge in [0.05, 0.1) is 64.8 Å². The minimum Gasteiger partial charge on any atom is -0.307 e. The lowest BCUT2D eigenvalue weighted by Gasteiger charge is -2.05. The first-order chi connectivity index (χ1) is 66.5. The highest BCUT2D eigenvalue weighted by Gasteiger charge is 2.05. The fraction of sp³-hybridized carbons (Fsp3) is 0.204. The van der Waals surface area contributed by atoms with Gasteiger partial charge in [0.1, 0.15) is 42.3 Å². The molecule has 134 heavy (non-hydrogen) atoms. The largest absolute Gasteiger partial charge is 0.307 e. The number of imidazole rings is 9. The van der Waals surface area contributed by atoms with Crippen molar-refractivity contribution >= 4 is 106 Å². The smallest absolute Gasteiger partial charge is 0.253 e. The van der Waals surface area contributed by atoms with Crippen LogP contribution in [-0.2, 0) is 0 Å². The lowest BCUT2D eigenvalue weighted by atomic mass is 10.0. The van der Waals surface area contributed by atoms with E-state index in [4.69, 9.17) is 0 Å². The molecule has 20 heterocycles. The molecule has 25 aromatic rings. The number of benzene rings is 5. The minimum atomic E-state index is 0.637. The van der Waals surface area contributed by atoms with Gasteiger partial charge in [-0.05, 0) is 96.7 Å². The Bertz CT molecular complexity index is 6080. The fourth-order valence-electron chi connectivity index (χ4n) is 11.3. The molecule has 0 aliphatic rings. The molecule has 0 spiro atoms. The number of para-hydroxylation sites is 5. The van der Waals surface area contributed by atoms with Gasteiger partial charge < -0.3 is 8.80 Å². The Morgan fingerprint density at radius 1 is 0.231 bits per heavy atom. The fourth-order valence-corrected chi connectivity index (χ4v) is 11.3. The van der Waals surface area contributed by atoms with Crippen LogP contribution in [0.2, 0.25) is 0 Å². The van der Waals surface area contributed by atoms with Crippen LogP contribution in [0.25, 0.3) is 106 Å². The summed E-state index contributed by atoms with van der Waals surface area (Å²) in [6, 6.07) is 59.1. The molecule has 31 heteroatoms. The number of pyridine rings is 4. The normalized spacial score (nSPS) is 9.38. The molecule has 0 amide bonds. The molecular weight excluding hydrogens is 1670 g/mol. The third-order valence-electron chi connectivity index (χ3n) is 16.7. The van der Waals surface area contributed by atoms with Crippen molar-refractivity contribution in [2.24, 2.45) is 0 Å². The average Bonchev–Trinajstić information content (AvgIpc) is 1.16. The zero-order chi connectivity index (χ0) is 97.1. The second kappa shape index (κ2) is 64.8. The number of hydrogen-bond acceptors (Lipinski definition) is 22. The van der Waals surface area contributed by atoms with Gasteiger partial charge in [-0.1, -0.05) is 236 Å². The Hall–Kier alpha value is -16.9. The number of fused-ring (bicyclic) bond motifs is 15. The van der Waals surface area contributed by atoms with Gasteiger partial charge in [0.25, 0.3) is 11.6 Å². The highest BCUT2D eigenvalue weighted by molar-refractivity contribution is 5.97. The molecule has 0 radical (unpaired) electrons. The van der Waals surface area contributed by atoms with E-state index >= 15 is 0 Å². The maximum Gasteiger partial charge on any atom is 0.253 e. The van der Waals surface area contributed by atoms with Gasteiger partial charge in [0.2, 0.25) is 5.78 Å². The Labute approximate surface area is 783 Å². The summed E-state index contributed by atoms with van der Waals surface area (Å²) in [5.41, 5.74) is 12.3. The molecule has 0 fully saturated rings. The van der Waals surface area contributed by atoms with Crippen LogP contribution in [-0.4, -0.2) is 150 Å².